The van der Waals surface area contributed by atoms with Crippen molar-refractivity contribution in [1.29, 1.82) is 0 Å². The van der Waals surface area contributed by atoms with Gasteiger partial charge in [0.15, 0.2) is 11.5 Å². The second-order valence-electron chi connectivity index (χ2n) is 10.3. The van der Waals surface area contributed by atoms with Crippen molar-refractivity contribution < 1.29 is 23.9 Å². The van der Waals surface area contributed by atoms with Crippen molar-refractivity contribution in [3.63, 3.8) is 0 Å². The summed E-state index contributed by atoms with van der Waals surface area (Å²) in [7, 11) is 1.52. The zero-order valence-electron chi connectivity index (χ0n) is 24.0. The van der Waals surface area contributed by atoms with Crippen LogP contribution >= 0.6 is 15.9 Å². The molecular weight excluding hydrogens is 620 g/mol. The van der Waals surface area contributed by atoms with Crippen LogP contribution in [0.15, 0.2) is 119 Å². The summed E-state index contributed by atoms with van der Waals surface area (Å²) in [4.78, 5) is 44.1. The van der Waals surface area contributed by atoms with Gasteiger partial charge >= 0.3 is 6.03 Å². The predicted octanol–water partition coefficient (Wildman–Crippen LogP) is 8.08. The lowest BCUT2D eigenvalue weighted by atomic mass is 10.0. The van der Waals surface area contributed by atoms with Gasteiger partial charge in [-0.2, -0.15) is 0 Å². The fraction of sp³-hybridized carbons (Fsp3) is 0.0833. The number of halogens is 1. The molecule has 218 valence electrons. The highest BCUT2D eigenvalue weighted by Gasteiger charge is 2.44. The van der Waals surface area contributed by atoms with Crippen molar-refractivity contribution in [2.24, 2.45) is 0 Å². The van der Waals surface area contributed by atoms with Gasteiger partial charge in [0.2, 0.25) is 0 Å². The van der Waals surface area contributed by atoms with E-state index in [9.17, 15) is 14.4 Å². The van der Waals surface area contributed by atoms with Crippen molar-refractivity contribution in [1.82, 2.24) is 0 Å². The molecule has 7 nitrogen and oxygen atoms in total. The summed E-state index contributed by atoms with van der Waals surface area (Å²) in [5.41, 5.74) is 2.98. The summed E-state index contributed by atoms with van der Waals surface area (Å²) in [6.07, 6.45) is 1.49. The Kier molecular flexibility index (Phi) is 8.00. The largest absolute Gasteiger partial charge is 0.493 e. The first kappa shape index (κ1) is 28.9. The lowest BCUT2D eigenvalue weighted by Gasteiger charge is -2.34. The molecule has 1 fully saturated rings. The molecule has 5 aromatic rings. The Balaban J connectivity index is 1.41. The minimum Gasteiger partial charge on any atom is -0.493 e. The van der Waals surface area contributed by atoms with E-state index in [1.54, 1.807) is 48.5 Å². The van der Waals surface area contributed by atoms with Gasteiger partial charge in [-0.15, -0.1) is 0 Å². The van der Waals surface area contributed by atoms with Crippen LogP contribution in [0.4, 0.5) is 16.2 Å². The molecule has 0 unspecified atom stereocenters. The fourth-order valence-corrected chi connectivity index (χ4v) is 5.41. The topological polar surface area (TPSA) is 76.2 Å². The predicted molar refractivity (Wildman–Crippen MR) is 175 cm³/mol. The molecule has 1 saturated heterocycles. The minimum atomic E-state index is -0.742. The number of ether oxygens (including phenoxy) is 2. The number of anilines is 2. The second kappa shape index (κ2) is 12.2. The van der Waals surface area contributed by atoms with E-state index in [0.29, 0.717) is 40.4 Å². The first-order chi connectivity index (χ1) is 21.3. The Morgan fingerprint density at radius 2 is 1.48 bits per heavy atom. The molecule has 0 aliphatic carbocycles. The smallest absolute Gasteiger partial charge is 0.343 e. The highest BCUT2D eigenvalue weighted by molar-refractivity contribution is 9.10. The zero-order chi connectivity index (χ0) is 30.8. The van der Waals surface area contributed by atoms with Gasteiger partial charge in [-0.25, -0.2) is 14.6 Å². The third-order valence-corrected chi connectivity index (χ3v) is 7.85. The van der Waals surface area contributed by atoms with Gasteiger partial charge in [0.05, 0.1) is 18.5 Å². The maximum Gasteiger partial charge on any atom is 0.343 e. The second-order valence-corrected chi connectivity index (χ2v) is 11.2. The van der Waals surface area contributed by atoms with Crippen LogP contribution in [-0.2, 0) is 16.2 Å². The number of carbonyl (C=O) groups is 3. The summed E-state index contributed by atoms with van der Waals surface area (Å²) < 4.78 is 12.6. The van der Waals surface area contributed by atoms with Gasteiger partial charge in [0, 0.05) is 9.86 Å². The number of barbiturate groups is 1. The fourth-order valence-electron chi connectivity index (χ4n) is 5.14. The molecule has 1 aliphatic rings. The summed E-state index contributed by atoms with van der Waals surface area (Å²) in [6.45, 7) is 2.20. The van der Waals surface area contributed by atoms with Gasteiger partial charge in [0.1, 0.15) is 12.2 Å². The van der Waals surface area contributed by atoms with Crippen molar-refractivity contribution >= 4 is 62.0 Å². The lowest BCUT2D eigenvalue weighted by Crippen LogP contribution is -2.57. The minimum absolute atomic E-state index is 0.162. The number of fused-ring (bicyclic) bond motifs is 1. The van der Waals surface area contributed by atoms with Crippen molar-refractivity contribution in [3.05, 3.63) is 136 Å². The molecule has 5 aromatic carbocycles. The molecule has 1 aliphatic heterocycles. The number of hydrogen-bond acceptors (Lipinski definition) is 5. The van der Waals surface area contributed by atoms with Crippen LogP contribution in [0.3, 0.4) is 0 Å². The number of methoxy groups -OCH3 is 1. The third-order valence-electron chi connectivity index (χ3n) is 7.32. The molecule has 4 amide bonds. The number of aryl methyl sites for hydroxylation is 1. The molecule has 8 heteroatoms. The van der Waals surface area contributed by atoms with Crippen LogP contribution in [0.1, 0.15) is 16.7 Å². The Bertz CT molecular complexity index is 1950. The van der Waals surface area contributed by atoms with E-state index in [1.807, 2.05) is 67.6 Å². The van der Waals surface area contributed by atoms with E-state index in [0.717, 1.165) is 30.8 Å². The summed E-state index contributed by atoms with van der Waals surface area (Å²) in [5.74, 6) is -0.482. The zero-order valence-corrected chi connectivity index (χ0v) is 25.6. The number of benzene rings is 5. The van der Waals surface area contributed by atoms with E-state index in [2.05, 4.69) is 15.9 Å². The lowest BCUT2D eigenvalue weighted by molar-refractivity contribution is -0.121. The molecule has 1 heterocycles. The normalized spacial score (nSPS) is 14.4. The van der Waals surface area contributed by atoms with Crippen LogP contribution < -0.4 is 19.3 Å². The van der Waals surface area contributed by atoms with E-state index in [4.69, 9.17) is 9.47 Å². The molecule has 0 spiro atoms. The standard InChI is InChI=1S/C36H27BrN2O5/c1-23-7-5-10-28(19-23)38-34(40)30(35(41)39(36(38)42)31-12-6-9-26-8-3-4-11-29(26)31)20-25-15-18-32(33(21-25)43-2)44-22-24-13-16-27(37)17-14-24/h3-21H,22H2,1-2H3/b30-20+. The Labute approximate surface area is 263 Å². The molecular formula is C36H27BrN2O5. The molecule has 44 heavy (non-hydrogen) atoms. The Morgan fingerprint density at radius 3 is 2.25 bits per heavy atom. The first-order valence-electron chi connectivity index (χ1n) is 13.9. The molecule has 0 aromatic heterocycles. The molecule has 0 radical (unpaired) electrons. The Morgan fingerprint density at radius 1 is 0.750 bits per heavy atom. The molecule has 0 atom stereocenters. The van der Waals surface area contributed by atoms with Gasteiger partial charge in [-0.1, -0.05) is 82.7 Å². The van der Waals surface area contributed by atoms with E-state index < -0.39 is 17.8 Å². The van der Waals surface area contributed by atoms with Crippen LogP contribution in [0.25, 0.3) is 16.8 Å². The quantitative estimate of drug-likeness (QED) is 0.132. The van der Waals surface area contributed by atoms with Crippen LogP contribution in [0.5, 0.6) is 11.5 Å². The Hall–Kier alpha value is -5.21. The number of amides is 4. The van der Waals surface area contributed by atoms with E-state index in [-0.39, 0.29) is 5.57 Å². The van der Waals surface area contributed by atoms with Crippen molar-refractivity contribution in [2.45, 2.75) is 13.5 Å². The summed E-state index contributed by atoms with van der Waals surface area (Å²) in [5, 5.41) is 1.57. The van der Waals surface area contributed by atoms with Gasteiger partial charge in [-0.3, -0.25) is 9.59 Å². The highest BCUT2D eigenvalue weighted by atomic mass is 79.9. The molecule has 6 rings (SSSR count). The third kappa shape index (κ3) is 5.59. The maximum absolute atomic E-state index is 14.1. The van der Waals surface area contributed by atoms with Crippen LogP contribution in [0, 0.1) is 6.92 Å². The van der Waals surface area contributed by atoms with Gasteiger partial charge in [-0.05, 0) is 77.5 Å². The SMILES string of the molecule is COc1cc(/C=C2\C(=O)N(c3cccc(C)c3)C(=O)N(c3cccc4ccccc34)C2=O)ccc1OCc1ccc(Br)cc1. The number of hydrogen-bond donors (Lipinski definition) is 0. The maximum atomic E-state index is 14.1. The van der Waals surface area contributed by atoms with Crippen LogP contribution in [0.2, 0.25) is 0 Å². The number of imide groups is 2. The monoisotopic (exact) mass is 646 g/mol. The van der Waals surface area contributed by atoms with Gasteiger partial charge < -0.3 is 9.47 Å². The number of urea groups is 1. The highest BCUT2D eigenvalue weighted by Crippen LogP contribution is 2.35. The first-order valence-corrected chi connectivity index (χ1v) is 14.7. The van der Waals surface area contributed by atoms with Gasteiger partial charge in [0.25, 0.3) is 11.8 Å². The molecule has 0 N–H and O–H groups in total. The molecule has 0 bridgehead atoms. The molecule has 0 saturated carbocycles. The summed E-state index contributed by atoms with van der Waals surface area (Å²) in [6, 6.07) is 32.2. The summed E-state index contributed by atoms with van der Waals surface area (Å²) >= 11 is 3.43. The van der Waals surface area contributed by atoms with E-state index in [1.165, 1.54) is 13.2 Å². The van der Waals surface area contributed by atoms with Crippen molar-refractivity contribution in [2.75, 3.05) is 16.9 Å². The number of rotatable bonds is 7. The average Bonchev–Trinajstić information content (AvgIpc) is 3.03. The number of carbonyl (C=O) groups excluding carboxylic acids is 3. The number of nitrogens with zero attached hydrogens (tertiary/aromatic N) is 2. The van der Waals surface area contributed by atoms with Crippen molar-refractivity contribution in [3.8, 4) is 11.5 Å². The van der Waals surface area contributed by atoms with Crippen LogP contribution in [-0.4, -0.2) is 25.0 Å². The average molecular weight is 648 g/mol. The van der Waals surface area contributed by atoms with E-state index >= 15 is 0 Å².